The predicted molar refractivity (Wildman–Crippen MR) is 114 cm³/mol. The maximum Gasteiger partial charge on any atom is 0.339 e. The molecule has 2 unspecified atom stereocenters. The number of benzene rings is 1. The fourth-order valence-corrected chi connectivity index (χ4v) is 3.70. The molecule has 0 bridgehead atoms. The molecule has 0 aliphatic heterocycles. The molecule has 1 amide bonds. The molecule has 0 aliphatic carbocycles. The first-order valence-electron chi connectivity index (χ1n) is 8.85. The molecule has 178 valence electrons. The van der Waals surface area contributed by atoms with Gasteiger partial charge in [-0.25, -0.2) is 4.79 Å². The molecule has 0 aliphatic rings. The number of nitrogens with one attached hydrogen (secondary N) is 1. The Bertz CT molecular complexity index is 827. The van der Waals surface area contributed by atoms with Gasteiger partial charge in [0.25, 0.3) is 10.1 Å². The summed E-state index contributed by atoms with van der Waals surface area (Å²) in [5.74, 6) is -3.26. The molecular weight excluding hydrogens is 433 g/mol. The Morgan fingerprint density at radius 3 is 2.16 bits per heavy atom. The average molecular weight is 466 g/mol. The normalized spacial score (nSPS) is 13.1. The van der Waals surface area contributed by atoms with Gasteiger partial charge in [0.15, 0.2) is 6.10 Å². The van der Waals surface area contributed by atoms with Crippen LogP contribution in [0.25, 0.3) is 0 Å². The van der Waals surface area contributed by atoms with Crippen molar-refractivity contribution in [1.82, 2.24) is 5.32 Å². The average Bonchev–Trinajstić information content (AvgIpc) is 2.57. The van der Waals surface area contributed by atoms with Gasteiger partial charge in [0.2, 0.25) is 5.91 Å². The molecule has 1 aromatic carbocycles. The third-order valence-corrected chi connectivity index (χ3v) is 5.09. The summed E-state index contributed by atoms with van der Waals surface area (Å²) in [5, 5.41) is 2.45. The maximum atomic E-state index is 12.3. The summed E-state index contributed by atoms with van der Waals surface area (Å²) in [7, 11) is -2.94. The van der Waals surface area contributed by atoms with Gasteiger partial charge in [0.05, 0.1) is 17.2 Å². The highest BCUT2D eigenvalue weighted by Gasteiger charge is 2.30. The molecule has 11 heteroatoms. The number of carbonyl (C=O) groups excluding carboxylic acids is 3. The minimum atomic E-state index is -4.30. The molecule has 2 atom stereocenters. The van der Waals surface area contributed by atoms with E-state index < -0.39 is 45.3 Å². The van der Waals surface area contributed by atoms with Crippen molar-refractivity contribution in [3.8, 4) is 0 Å². The van der Waals surface area contributed by atoms with Crippen molar-refractivity contribution in [2.45, 2.75) is 46.3 Å². The van der Waals surface area contributed by atoms with Crippen LogP contribution >= 0.6 is 0 Å². The fraction of sp³-hybridized carbons (Fsp3) is 0.550. The van der Waals surface area contributed by atoms with Crippen molar-refractivity contribution in [3.05, 3.63) is 35.9 Å². The Kier molecular flexibility index (Phi) is 13.1. The number of hydrogen-bond donors (Lipinski definition) is 2. The number of amides is 1. The highest BCUT2D eigenvalue weighted by atomic mass is 32.2. The van der Waals surface area contributed by atoms with Crippen LogP contribution in [0.4, 0.5) is 4.70 Å². The largest absolute Gasteiger partial charge is 0.463 e. The van der Waals surface area contributed by atoms with Gasteiger partial charge in [-0.05, 0) is 26.3 Å². The summed E-state index contributed by atoms with van der Waals surface area (Å²) in [4.78, 5) is 36.4. The van der Waals surface area contributed by atoms with Crippen molar-refractivity contribution in [3.63, 3.8) is 0 Å². The van der Waals surface area contributed by atoms with E-state index in [-0.39, 0.29) is 30.9 Å². The van der Waals surface area contributed by atoms with E-state index in [1.165, 1.54) is 27.9 Å². The van der Waals surface area contributed by atoms with Crippen LogP contribution in [0.15, 0.2) is 30.3 Å². The van der Waals surface area contributed by atoms with Gasteiger partial charge in [0, 0.05) is 13.5 Å². The molecule has 0 fully saturated rings. The number of rotatable bonds is 11. The van der Waals surface area contributed by atoms with Crippen LogP contribution < -0.4 is 5.32 Å². The molecule has 0 aromatic heterocycles. The molecule has 2 N–H and O–H groups in total. The van der Waals surface area contributed by atoms with E-state index in [2.05, 4.69) is 5.32 Å². The van der Waals surface area contributed by atoms with Crippen molar-refractivity contribution in [2.24, 2.45) is 5.92 Å². The van der Waals surface area contributed by atoms with E-state index in [0.29, 0.717) is 5.56 Å². The highest BCUT2D eigenvalue weighted by Crippen LogP contribution is 2.19. The zero-order valence-electron chi connectivity index (χ0n) is 17.3. The molecule has 0 spiro atoms. The standard InChI is InChI=1S/C19H27NO8S.CH4.FH/c1-13(21)15(10-16(22)20-19(2,3)12-29(24,25)26)11-28-18(23)17(27-4)14-8-6-5-7-9-14;;/h5-9,15,17H,10-12H2,1-4H3,(H,20,22)(H,24,25,26);1H4;1H. The number of esters is 1. The second-order valence-corrected chi connectivity index (χ2v) is 8.78. The van der Waals surface area contributed by atoms with E-state index in [1.54, 1.807) is 30.3 Å². The summed E-state index contributed by atoms with van der Waals surface area (Å²) in [6, 6.07) is 8.66. The lowest BCUT2D eigenvalue weighted by molar-refractivity contribution is -0.158. The second-order valence-electron chi connectivity index (χ2n) is 7.33. The number of carbonyl (C=O) groups is 3. The van der Waals surface area contributed by atoms with Crippen molar-refractivity contribution < 1.29 is 41.5 Å². The first kappa shape index (κ1) is 30.8. The Labute approximate surface area is 182 Å². The third-order valence-electron chi connectivity index (χ3n) is 4.01. The first-order valence-corrected chi connectivity index (χ1v) is 10.5. The lowest BCUT2D eigenvalue weighted by Crippen LogP contribution is -2.49. The Balaban J connectivity index is 0. The quantitative estimate of drug-likeness (QED) is 0.374. The first-order chi connectivity index (χ1) is 13.3. The molecule has 0 saturated heterocycles. The Morgan fingerprint density at radius 2 is 1.71 bits per heavy atom. The van der Waals surface area contributed by atoms with E-state index in [9.17, 15) is 22.8 Å². The van der Waals surface area contributed by atoms with Crippen LogP contribution in [-0.2, 0) is 34.0 Å². The predicted octanol–water partition coefficient (Wildman–Crippen LogP) is 2.08. The highest BCUT2D eigenvalue weighted by molar-refractivity contribution is 7.85. The van der Waals surface area contributed by atoms with Gasteiger partial charge in [-0.1, -0.05) is 37.8 Å². The Hall–Kier alpha value is -2.37. The lowest BCUT2D eigenvalue weighted by Gasteiger charge is -2.25. The van der Waals surface area contributed by atoms with E-state index in [1.807, 2.05) is 0 Å². The summed E-state index contributed by atoms with van der Waals surface area (Å²) < 4.78 is 41.3. The van der Waals surface area contributed by atoms with Crippen molar-refractivity contribution >= 4 is 27.8 Å². The summed E-state index contributed by atoms with van der Waals surface area (Å²) in [5.41, 5.74) is -0.652. The maximum absolute atomic E-state index is 12.3. The van der Waals surface area contributed by atoms with Crippen molar-refractivity contribution in [1.29, 1.82) is 0 Å². The van der Waals surface area contributed by atoms with Gasteiger partial charge in [-0.3, -0.25) is 18.8 Å². The van der Waals surface area contributed by atoms with Gasteiger partial charge < -0.3 is 14.8 Å². The summed E-state index contributed by atoms with van der Waals surface area (Å²) in [6.45, 7) is 3.78. The molecule has 9 nitrogen and oxygen atoms in total. The minimum absolute atomic E-state index is 0. The molecular formula is C20H32FNO8S. The summed E-state index contributed by atoms with van der Waals surface area (Å²) >= 11 is 0. The zero-order chi connectivity index (χ0) is 22.2. The number of halogens is 1. The van der Waals surface area contributed by atoms with Crippen LogP contribution in [0.2, 0.25) is 0 Å². The topological polar surface area (TPSA) is 136 Å². The minimum Gasteiger partial charge on any atom is -0.463 e. The molecule has 31 heavy (non-hydrogen) atoms. The fourth-order valence-electron chi connectivity index (χ4n) is 2.72. The van der Waals surface area contributed by atoms with E-state index >= 15 is 0 Å². The number of methoxy groups -OCH3 is 1. The lowest BCUT2D eigenvalue weighted by atomic mass is 10.0. The molecule has 0 heterocycles. The molecule has 1 rings (SSSR count). The van der Waals surface area contributed by atoms with Gasteiger partial charge >= 0.3 is 5.97 Å². The Morgan fingerprint density at radius 1 is 1.16 bits per heavy atom. The van der Waals surface area contributed by atoms with E-state index in [4.69, 9.17) is 14.0 Å². The third kappa shape index (κ3) is 11.6. The number of ether oxygens (including phenoxy) is 2. The smallest absolute Gasteiger partial charge is 0.339 e. The van der Waals surface area contributed by atoms with E-state index in [0.717, 1.165) is 0 Å². The number of ketones is 1. The van der Waals surface area contributed by atoms with Crippen LogP contribution in [0.1, 0.15) is 46.3 Å². The van der Waals surface area contributed by atoms with Gasteiger partial charge in [-0.2, -0.15) is 8.42 Å². The van der Waals surface area contributed by atoms with Crippen LogP contribution in [0, 0.1) is 5.92 Å². The second kappa shape index (κ2) is 13.1. The SMILES string of the molecule is C.COC(C(=O)OCC(CC(=O)NC(C)(C)CS(=O)(=O)O)C(C)=O)c1ccccc1.F. The summed E-state index contributed by atoms with van der Waals surface area (Å²) in [6.07, 6.45) is -1.27. The van der Waals surface area contributed by atoms with Crippen molar-refractivity contribution in [2.75, 3.05) is 19.5 Å². The van der Waals surface area contributed by atoms with Crippen LogP contribution in [0.5, 0.6) is 0 Å². The number of Topliss-reactive ketones (excluding diaryl/α,β-unsaturated/α-hetero) is 1. The zero-order valence-corrected chi connectivity index (χ0v) is 18.1. The van der Waals surface area contributed by atoms with Gasteiger partial charge in [0.1, 0.15) is 12.4 Å². The molecule has 0 radical (unpaired) electrons. The monoisotopic (exact) mass is 465 g/mol. The molecule has 0 saturated carbocycles. The van der Waals surface area contributed by atoms with Gasteiger partial charge in [-0.15, -0.1) is 0 Å². The van der Waals surface area contributed by atoms with Crippen LogP contribution in [-0.4, -0.2) is 55.6 Å². The van der Waals surface area contributed by atoms with Crippen LogP contribution in [0.3, 0.4) is 0 Å². The molecule has 1 aromatic rings. The number of hydrogen-bond acceptors (Lipinski definition) is 7.